The first-order valence-electron chi connectivity index (χ1n) is 9.97. The number of likely N-dealkylation sites (N-methyl/N-ethyl adjacent to an activating group) is 1. The van der Waals surface area contributed by atoms with Crippen molar-refractivity contribution in [3.05, 3.63) is 17.6 Å². The molecule has 1 aliphatic heterocycles. The SMILES string of the molecule is Cc1cc(N2CCC(N(C)CC(O)CC3CCCC3)CC2)nc(C)n1. The Labute approximate surface area is 152 Å². The first-order chi connectivity index (χ1) is 12.0. The van der Waals surface area contributed by atoms with Crippen LogP contribution in [0, 0.1) is 19.8 Å². The molecule has 140 valence electrons. The number of aromatic nitrogens is 2. The van der Waals surface area contributed by atoms with Crippen LogP contribution >= 0.6 is 0 Å². The van der Waals surface area contributed by atoms with Crippen molar-refractivity contribution < 1.29 is 5.11 Å². The summed E-state index contributed by atoms with van der Waals surface area (Å²) in [6, 6.07) is 2.65. The molecular formula is C20H34N4O. The van der Waals surface area contributed by atoms with Crippen molar-refractivity contribution >= 4 is 5.82 Å². The predicted octanol–water partition coefficient (Wildman–Crippen LogP) is 2.94. The summed E-state index contributed by atoms with van der Waals surface area (Å²) in [5.41, 5.74) is 1.04. The summed E-state index contributed by atoms with van der Waals surface area (Å²) in [4.78, 5) is 13.7. The maximum absolute atomic E-state index is 10.4. The fourth-order valence-corrected chi connectivity index (χ4v) is 4.58. The zero-order valence-corrected chi connectivity index (χ0v) is 16.1. The molecule has 1 unspecified atom stereocenters. The minimum atomic E-state index is -0.168. The first-order valence-corrected chi connectivity index (χ1v) is 9.97. The van der Waals surface area contributed by atoms with Crippen LogP contribution in [0.5, 0.6) is 0 Å². The van der Waals surface area contributed by atoms with Gasteiger partial charge in [-0.15, -0.1) is 0 Å². The lowest BCUT2D eigenvalue weighted by Gasteiger charge is -2.38. The second kappa shape index (κ2) is 8.45. The summed E-state index contributed by atoms with van der Waals surface area (Å²) < 4.78 is 0. The van der Waals surface area contributed by atoms with Crippen molar-refractivity contribution in [2.75, 3.05) is 31.6 Å². The average Bonchev–Trinajstić information content (AvgIpc) is 3.07. The van der Waals surface area contributed by atoms with Gasteiger partial charge >= 0.3 is 0 Å². The van der Waals surface area contributed by atoms with Crippen LogP contribution in [0.2, 0.25) is 0 Å². The number of piperidine rings is 1. The smallest absolute Gasteiger partial charge is 0.132 e. The highest BCUT2D eigenvalue weighted by atomic mass is 16.3. The van der Waals surface area contributed by atoms with Gasteiger partial charge in [-0.3, -0.25) is 0 Å². The lowest BCUT2D eigenvalue weighted by Crippen LogP contribution is -2.46. The molecule has 0 radical (unpaired) electrons. The van der Waals surface area contributed by atoms with E-state index in [0.29, 0.717) is 6.04 Å². The van der Waals surface area contributed by atoms with E-state index in [9.17, 15) is 5.11 Å². The minimum absolute atomic E-state index is 0.168. The number of anilines is 1. The molecule has 2 heterocycles. The maximum Gasteiger partial charge on any atom is 0.132 e. The predicted molar refractivity (Wildman–Crippen MR) is 102 cm³/mol. The van der Waals surface area contributed by atoms with Crippen LogP contribution < -0.4 is 4.90 Å². The van der Waals surface area contributed by atoms with Crippen LogP contribution in [0.15, 0.2) is 6.07 Å². The number of hydrogen-bond donors (Lipinski definition) is 1. The van der Waals surface area contributed by atoms with E-state index in [2.05, 4.69) is 32.9 Å². The Balaban J connectivity index is 1.46. The van der Waals surface area contributed by atoms with E-state index in [1.807, 2.05) is 13.8 Å². The van der Waals surface area contributed by atoms with Crippen molar-refractivity contribution in [1.82, 2.24) is 14.9 Å². The Bertz CT molecular complexity index is 530. The quantitative estimate of drug-likeness (QED) is 0.858. The molecule has 2 aliphatic rings. The number of aliphatic hydroxyl groups is 1. The maximum atomic E-state index is 10.4. The Morgan fingerprint density at radius 1 is 1.16 bits per heavy atom. The molecular weight excluding hydrogens is 312 g/mol. The van der Waals surface area contributed by atoms with Crippen molar-refractivity contribution in [2.24, 2.45) is 5.92 Å². The summed E-state index contributed by atoms with van der Waals surface area (Å²) in [7, 11) is 2.18. The van der Waals surface area contributed by atoms with Gasteiger partial charge in [0.1, 0.15) is 11.6 Å². The topological polar surface area (TPSA) is 52.5 Å². The second-order valence-corrected chi connectivity index (χ2v) is 8.11. The van der Waals surface area contributed by atoms with Crippen LogP contribution in [0.4, 0.5) is 5.82 Å². The third-order valence-electron chi connectivity index (χ3n) is 5.94. The fraction of sp³-hybridized carbons (Fsp3) is 0.800. The van der Waals surface area contributed by atoms with Crippen LogP contribution in [-0.4, -0.2) is 58.8 Å². The number of nitrogens with zero attached hydrogens (tertiary/aromatic N) is 4. The van der Waals surface area contributed by atoms with E-state index in [1.54, 1.807) is 0 Å². The Morgan fingerprint density at radius 3 is 2.48 bits per heavy atom. The summed E-state index contributed by atoms with van der Waals surface area (Å²) in [5, 5.41) is 10.4. The Kier molecular flexibility index (Phi) is 6.29. The van der Waals surface area contributed by atoms with Crippen molar-refractivity contribution in [3.8, 4) is 0 Å². The summed E-state index contributed by atoms with van der Waals surface area (Å²) in [6.45, 7) is 6.87. The van der Waals surface area contributed by atoms with Gasteiger partial charge in [0, 0.05) is 37.4 Å². The van der Waals surface area contributed by atoms with E-state index >= 15 is 0 Å². The number of aliphatic hydroxyl groups excluding tert-OH is 1. The van der Waals surface area contributed by atoms with Gasteiger partial charge in [-0.1, -0.05) is 25.7 Å². The molecule has 1 saturated carbocycles. The molecule has 5 nitrogen and oxygen atoms in total. The van der Waals surface area contributed by atoms with Gasteiger partial charge in [0.2, 0.25) is 0 Å². The third-order valence-corrected chi connectivity index (χ3v) is 5.94. The molecule has 0 aromatic carbocycles. The molecule has 1 aromatic rings. The van der Waals surface area contributed by atoms with E-state index < -0.39 is 0 Å². The van der Waals surface area contributed by atoms with Crippen molar-refractivity contribution in [1.29, 1.82) is 0 Å². The molecule has 0 bridgehead atoms. The molecule has 1 atom stereocenters. The molecule has 25 heavy (non-hydrogen) atoms. The van der Waals surface area contributed by atoms with Gasteiger partial charge in [-0.25, -0.2) is 9.97 Å². The van der Waals surface area contributed by atoms with E-state index in [4.69, 9.17) is 0 Å². The summed E-state index contributed by atoms with van der Waals surface area (Å²) in [5.74, 6) is 2.67. The highest BCUT2D eigenvalue weighted by Crippen LogP contribution is 2.29. The highest BCUT2D eigenvalue weighted by molar-refractivity contribution is 5.40. The van der Waals surface area contributed by atoms with Crippen LogP contribution in [-0.2, 0) is 0 Å². The number of rotatable bonds is 6. The average molecular weight is 347 g/mol. The lowest BCUT2D eigenvalue weighted by atomic mass is 9.98. The molecule has 0 amide bonds. The second-order valence-electron chi connectivity index (χ2n) is 8.11. The normalized spacial score (nSPS) is 21.2. The third kappa shape index (κ3) is 5.14. The molecule has 5 heteroatoms. The molecule has 3 rings (SSSR count). The molecule has 1 N–H and O–H groups in total. The summed E-state index contributed by atoms with van der Waals surface area (Å²) in [6.07, 6.45) is 8.43. The van der Waals surface area contributed by atoms with Gasteiger partial charge in [0.15, 0.2) is 0 Å². The summed E-state index contributed by atoms with van der Waals surface area (Å²) >= 11 is 0. The lowest BCUT2D eigenvalue weighted by molar-refractivity contribution is 0.0781. The van der Waals surface area contributed by atoms with Gasteiger partial charge in [0.25, 0.3) is 0 Å². The van der Waals surface area contributed by atoms with Crippen LogP contribution in [0.25, 0.3) is 0 Å². The fourth-order valence-electron chi connectivity index (χ4n) is 4.58. The van der Waals surface area contributed by atoms with Crippen molar-refractivity contribution in [2.45, 2.75) is 70.9 Å². The monoisotopic (exact) mass is 346 g/mol. The molecule has 0 spiro atoms. The minimum Gasteiger partial charge on any atom is -0.392 e. The zero-order chi connectivity index (χ0) is 17.8. The molecule has 2 fully saturated rings. The van der Waals surface area contributed by atoms with Crippen molar-refractivity contribution in [3.63, 3.8) is 0 Å². The van der Waals surface area contributed by atoms with Gasteiger partial charge in [0.05, 0.1) is 6.10 Å². The molecule has 1 aromatic heterocycles. The van der Waals surface area contributed by atoms with Crippen LogP contribution in [0.3, 0.4) is 0 Å². The Morgan fingerprint density at radius 2 is 1.84 bits per heavy atom. The van der Waals surface area contributed by atoms with E-state index in [0.717, 1.165) is 62.2 Å². The first kappa shape index (κ1) is 18.6. The zero-order valence-electron chi connectivity index (χ0n) is 16.1. The largest absolute Gasteiger partial charge is 0.392 e. The highest BCUT2D eigenvalue weighted by Gasteiger charge is 2.26. The Hall–Kier alpha value is -1.20. The van der Waals surface area contributed by atoms with Gasteiger partial charge < -0.3 is 14.9 Å². The molecule has 1 aliphatic carbocycles. The van der Waals surface area contributed by atoms with E-state index in [-0.39, 0.29) is 6.10 Å². The molecule has 1 saturated heterocycles. The van der Waals surface area contributed by atoms with Gasteiger partial charge in [-0.05, 0) is 46.1 Å². The van der Waals surface area contributed by atoms with Crippen LogP contribution in [0.1, 0.15) is 56.5 Å². The van der Waals surface area contributed by atoms with Gasteiger partial charge in [-0.2, -0.15) is 0 Å². The van der Waals surface area contributed by atoms with E-state index in [1.165, 1.54) is 25.7 Å². The number of aryl methyl sites for hydroxylation is 2. The standard InChI is InChI=1S/C20H34N4O/c1-15-12-20(22-16(2)21-15)24-10-8-18(9-11-24)23(3)14-19(25)13-17-6-4-5-7-17/h12,17-19,25H,4-11,13-14H2,1-3H3. The number of hydrogen-bond acceptors (Lipinski definition) is 5.